The lowest BCUT2D eigenvalue weighted by atomic mass is 10.2. The van der Waals surface area contributed by atoms with Crippen molar-refractivity contribution < 1.29 is 0 Å². The highest BCUT2D eigenvalue weighted by Crippen LogP contribution is 2.30. The van der Waals surface area contributed by atoms with Gasteiger partial charge in [-0.25, -0.2) is 4.98 Å². The molecule has 0 saturated carbocycles. The summed E-state index contributed by atoms with van der Waals surface area (Å²) < 4.78 is 0.985. The monoisotopic (exact) mass is 301 g/mol. The van der Waals surface area contributed by atoms with Crippen molar-refractivity contribution in [3.63, 3.8) is 0 Å². The van der Waals surface area contributed by atoms with Gasteiger partial charge in [-0.1, -0.05) is 18.2 Å². The summed E-state index contributed by atoms with van der Waals surface area (Å²) in [5, 5.41) is 1.20. The Hall–Kier alpha value is -1.81. The molecule has 2 aromatic heterocycles. The van der Waals surface area contributed by atoms with Crippen molar-refractivity contribution >= 4 is 38.3 Å². The Morgan fingerprint density at radius 2 is 2.00 bits per heavy atom. The molecule has 0 spiro atoms. The second-order valence-electron chi connectivity index (χ2n) is 4.11. The van der Waals surface area contributed by atoms with Gasteiger partial charge in [0.2, 0.25) is 0 Å². The highest BCUT2D eigenvalue weighted by Gasteiger charge is 2.10. The molecule has 4 heteroatoms. The average molecular weight is 302 g/mol. The predicted molar refractivity (Wildman–Crippen MR) is 78.3 cm³/mol. The average Bonchev–Trinajstić information content (AvgIpc) is 2.82. The second kappa shape index (κ2) is 4.46. The van der Waals surface area contributed by atoms with Crippen LogP contribution in [0.25, 0.3) is 10.9 Å². The van der Waals surface area contributed by atoms with Gasteiger partial charge in [-0.3, -0.25) is 0 Å². The minimum Gasteiger partial charge on any atom is -0.359 e. The topological polar surface area (TPSA) is 31.9 Å². The zero-order chi connectivity index (χ0) is 12.5. The Balaban J connectivity index is 2.06. The van der Waals surface area contributed by atoms with Crippen LogP contribution in [0.2, 0.25) is 0 Å². The fraction of sp³-hybridized carbons (Fsp3) is 0.0714. The van der Waals surface area contributed by atoms with E-state index in [-0.39, 0.29) is 0 Å². The zero-order valence-electron chi connectivity index (χ0n) is 9.89. The van der Waals surface area contributed by atoms with Crippen molar-refractivity contribution in [1.29, 1.82) is 0 Å². The van der Waals surface area contributed by atoms with E-state index in [4.69, 9.17) is 0 Å². The van der Waals surface area contributed by atoms with Gasteiger partial charge < -0.3 is 9.88 Å². The Morgan fingerprint density at radius 1 is 1.17 bits per heavy atom. The molecule has 0 aliphatic rings. The van der Waals surface area contributed by atoms with E-state index in [1.54, 1.807) is 6.20 Å². The molecule has 1 N–H and O–H groups in total. The molecule has 1 aromatic carbocycles. The van der Waals surface area contributed by atoms with Gasteiger partial charge in [0.05, 0.1) is 5.69 Å². The lowest BCUT2D eigenvalue weighted by molar-refractivity contribution is 1.13. The van der Waals surface area contributed by atoms with E-state index in [0.717, 1.165) is 21.5 Å². The van der Waals surface area contributed by atoms with Crippen LogP contribution in [-0.2, 0) is 0 Å². The van der Waals surface area contributed by atoms with Gasteiger partial charge in [-0.15, -0.1) is 0 Å². The maximum atomic E-state index is 4.41. The van der Waals surface area contributed by atoms with Gasteiger partial charge in [0, 0.05) is 34.8 Å². The first-order valence-corrected chi connectivity index (χ1v) is 6.46. The first-order valence-electron chi connectivity index (χ1n) is 5.67. The molecule has 0 amide bonds. The largest absolute Gasteiger partial charge is 0.359 e. The van der Waals surface area contributed by atoms with Crippen molar-refractivity contribution in [1.82, 2.24) is 9.97 Å². The summed E-state index contributed by atoms with van der Waals surface area (Å²) in [6.07, 6.45) is 3.81. The van der Waals surface area contributed by atoms with Gasteiger partial charge >= 0.3 is 0 Å². The first kappa shape index (κ1) is 11.3. The molecule has 18 heavy (non-hydrogen) atoms. The Kier molecular flexibility index (Phi) is 2.80. The van der Waals surface area contributed by atoms with Crippen molar-refractivity contribution in [3.8, 4) is 0 Å². The Bertz CT molecular complexity index is 673. The van der Waals surface area contributed by atoms with Crippen molar-refractivity contribution in [3.05, 3.63) is 53.3 Å². The summed E-state index contributed by atoms with van der Waals surface area (Å²) in [5.41, 5.74) is 2.26. The van der Waals surface area contributed by atoms with E-state index in [1.165, 1.54) is 5.39 Å². The molecular weight excluding hydrogens is 290 g/mol. The molecule has 0 fully saturated rings. The number of nitrogens with one attached hydrogen (secondary N) is 1. The van der Waals surface area contributed by atoms with E-state index in [0.29, 0.717) is 0 Å². The normalized spacial score (nSPS) is 10.8. The fourth-order valence-electron chi connectivity index (χ4n) is 2.02. The summed E-state index contributed by atoms with van der Waals surface area (Å²) in [4.78, 5) is 9.75. The van der Waals surface area contributed by atoms with E-state index >= 15 is 0 Å². The zero-order valence-corrected chi connectivity index (χ0v) is 11.5. The smallest absolute Gasteiger partial charge is 0.132 e. The van der Waals surface area contributed by atoms with Crippen LogP contribution in [0.3, 0.4) is 0 Å². The Labute approximate surface area is 114 Å². The second-order valence-corrected chi connectivity index (χ2v) is 5.03. The third kappa shape index (κ3) is 1.88. The minimum atomic E-state index is 0.919. The first-order chi connectivity index (χ1) is 8.75. The molecule has 0 saturated heterocycles. The third-order valence-corrected chi connectivity index (χ3v) is 3.45. The van der Waals surface area contributed by atoms with Crippen LogP contribution in [0.5, 0.6) is 0 Å². The number of anilines is 2. The molecule has 0 unspecified atom stereocenters. The number of aromatic nitrogens is 2. The van der Waals surface area contributed by atoms with Gasteiger partial charge in [-0.05, 0) is 34.1 Å². The quantitative estimate of drug-likeness (QED) is 0.773. The molecule has 3 nitrogen and oxygen atoms in total. The van der Waals surface area contributed by atoms with Crippen LogP contribution in [-0.4, -0.2) is 17.0 Å². The van der Waals surface area contributed by atoms with Crippen molar-refractivity contribution in [2.24, 2.45) is 0 Å². The lowest BCUT2D eigenvalue weighted by Gasteiger charge is -2.17. The molecular formula is C14H12BrN3. The van der Waals surface area contributed by atoms with Crippen molar-refractivity contribution in [2.45, 2.75) is 0 Å². The number of para-hydroxylation sites is 1. The van der Waals surface area contributed by atoms with Crippen LogP contribution in [0.15, 0.2) is 53.3 Å². The standard InChI is InChI=1S/C14H12BrN3/c1-18(14-7-6-10(15)8-17-14)13-9-16-12-5-3-2-4-11(12)13/h2-9,16H,1H3. The lowest BCUT2D eigenvalue weighted by Crippen LogP contribution is -2.10. The van der Waals surface area contributed by atoms with E-state index in [1.807, 2.05) is 37.5 Å². The van der Waals surface area contributed by atoms with Crippen molar-refractivity contribution in [2.75, 3.05) is 11.9 Å². The van der Waals surface area contributed by atoms with Crippen LogP contribution in [0.4, 0.5) is 11.5 Å². The molecule has 2 heterocycles. The molecule has 90 valence electrons. The molecule has 0 bridgehead atoms. The van der Waals surface area contributed by atoms with Gasteiger partial charge in [0.15, 0.2) is 0 Å². The minimum absolute atomic E-state index is 0.919. The number of hydrogen-bond donors (Lipinski definition) is 1. The number of benzene rings is 1. The van der Waals surface area contributed by atoms with E-state index in [2.05, 4.69) is 42.9 Å². The number of nitrogens with zero attached hydrogens (tertiary/aromatic N) is 2. The maximum absolute atomic E-state index is 4.41. The number of pyridine rings is 1. The fourth-order valence-corrected chi connectivity index (χ4v) is 2.26. The molecule has 0 aliphatic heterocycles. The molecule has 3 rings (SSSR count). The van der Waals surface area contributed by atoms with Crippen LogP contribution < -0.4 is 4.90 Å². The molecule has 0 aliphatic carbocycles. The summed E-state index contributed by atoms with van der Waals surface area (Å²) in [6.45, 7) is 0. The maximum Gasteiger partial charge on any atom is 0.132 e. The Morgan fingerprint density at radius 3 is 2.78 bits per heavy atom. The van der Waals surface area contributed by atoms with E-state index < -0.39 is 0 Å². The van der Waals surface area contributed by atoms with Crippen LogP contribution in [0, 0.1) is 0 Å². The summed E-state index contributed by atoms with van der Waals surface area (Å²) in [6, 6.07) is 12.2. The molecule has 3 aromatic rings. The van der Waals surface area contributed by atoms with Crippen LogP contribution >= 0.6 is 15.9 Å². The van der Waals surface area contributed by atoms with Crippen LogP contribution in [0.1, 0.15) is 0 Å². The number of aromatic amines is 1. The molecule has 0 radical (unpaired) electrons. The van der Waals surface area contributed by atoms with Gasteiger partial charge in [-0.2, -0.15) is 0 Å². The number of H-pyrrole nitrogens is 1. The third-order valence-electron chi connectivity index (χ3n) is 2.98. The summed E-state index contributed by atoms with van der Waals surface area (Å²) in [5.74, 6) is 0.919. The van der Waals surface area contributed by atoms with Gasteiger partial charge in [0.1, 0.15) is 5.82 Å². The highest BCUT2D eigenvalue weighted by molar-refractivity contribution is 9.10. The predicted octanol–water partition coefficient (Wildman–Crippen LogP) is 4.09. The summed E-state index contributed by atoms with van der Waals surface area (Å²) in [7, 11) is 2.02. The van der Waals surface area contributed by atoms with Gasteiger partial charge in [0.25, 0.3) is 0 Å². The van der Waals surface area contributed by atoms with E-state index in [9.17, 15) is 0 Å². The molecule has 0 atom stereocenters. The number of fused-ring (bicyclic) bond motifs is 1. The number of rotatable bonds is 2. The number of hydrogen-bond acceptors (Lipinski definition) is 2. The highest BCUT2D eigenvalue weighted by atomic mass is 79.9. The summed E-state index contributed by atoms with van der Waals surface area (Å²) >= 11 is 3.40. The number of halogens is 1. The SMILES string of the molecule is CN(c1ccc(Br)cn1)c1c[nH]c2ccccc12.